The molecule has 68 heavy (non-hydrogen) atoms. The molecule has 2 aromatic heterocycles. The molecule has 9 aromatic rings. The summed E-state index contributed by atoms with van der Waals surface area (Å²) < 4.78 is 2.29. The molecule has 1 N–H and O–H groups in total. The zero-order chi connectivity index (χ0) is 47.8. The van der Waals surface area contributed by atoms with Crippen LogP contribution in [-0.4, -0.2) is 19.6 Å². The maximum atomic E-state index is 12.7. The first kappa shape index (κ1) is 44.8. The summed E-state index contributed by atoms with van der Waals surface area (Å²) in [5, 5.41) is 12.7. The SMILES string of the molecule is Cc1ccc(-n2c(-c3ccc4c(c3O)C(C)(C)CCC4(C)C)nc3c(-c4cc(-c5cc(-c6ccc(C(C)(C)c7ccccc7)cc6)ccn5)cc(C(C)(C)C)c4)cccc32)c(-c2ccccc2)c1. The molecule has 0 amide bonds. The maximum Gasteiger partial charge on any atom is 0.149 e. The van der Waals surface area contributed by atoms with Crippen molar-refractivity contribution in [3.05, 3.63) is 203 Å². The van der Waals surface area contributed by atoms with Crippen LogP contribution in [0, 0.1) is 6.92 Å². The highest BCUT2D eigenvalue weighted by Crippen LogP contribution is 2.52. The number of phenols is 1. The fourth-order valence-corrected chi connectivity index (χ4v) is 10.6. The Kier molecular flexibility index (Phi) is 10.9. The van der Waals surface area contributed by atoms with Crippen LogP contribution in [0.15, 0.2) is 170 Å². The molecular weight excluding hydrogens is 827 g/mol. The van der Waals surface area contributed by atoms with Gasteiger partial charge in [-0.1, -0.05) is 183 Å². The number of rotatable bonds is 8. The van der Waals surface area contributed by atoms with Gasteiger partial charge in [0.2, 0.25) is 0 Å². The number of aromatic nitrogens is 3. The van der Waals surface area contributed by atoms with E-state index in [1.54, 1.807) is 0 Å². The summed E-state index contributed by atoms with van der Waals surface area (Å²) in [5.41, 5.74) is 18.8. The van der Waals surface area contributed by atoms with Gasteiger partial charge in [0.15, 0.2) is 0 Å². The van der Waals surface area contributed by atoms with E-state index in [9.17, 15) is 5.11 Å². The van der Waals surface area contributed by atoms with Crippen LogP contribution in [0.4, 0.5) is 0 Å². The minimum atomic E-state index is -0.204. The molecule has 0 spiro atoms. The average molecular weight is 890 g/mol. The van der Waals surface area contributed by atoms with Crippen molar-refractivity contribution in [2.75, 3.05) is 0 Å². The lowest BCUT2D eigenvalue weighted by Gasteiger charge is -2.42. The monoisotopic (exact) mass is 889 g/mol. The van der Waals surface area contributed by atoms with Crippen molar-refractivity contribution in [1.82, 2.24) is 14.5 Å². The molecule has 0 aliphatic heterocycles. The van der Waals surface area contributed by atoms with Gasteiger partial charge in [0.05, 0.1) is 28.0 Å². The van der Waals surface area contributed by atoms with Crippen LogP contribution in [0.3, 0.4) is 0 Å². The molecule has 1 aliphatic carbocycles. The Morgan fingerprint density at radius 3 is 1.93 bits per heavy atom. The molecule has 0 radical (unpaired) electrons. The highest BCUT2D eigenvalue weighted by Gasteiger charge is 2.40. The van der Waals surface area contributed by atoms with Crippen LogP contribution in [0.25, 0.3) is 72.7 Å². The number of phenolic OH excluding ortho intramolecular Hbond substituents is 1. The third-order valence-electron chi connectivity index (χ3n) is 15.0. The standard InChI is InChI=1S/C64H63N3O/c1-41-24-31-55(52(36-41)43-18-13-11-14-19-43)67-56-23-17-22-50(58(56)66-60(67)51-29-30-53-57(59(51)68)63(7,8)34-33-62(53,5)6)45-37-46(39-49(38-45)61(2,3)4)54-40-44(32-35-65-54)42-25-27-48(28-26-42)64(9,10)47-20-15-12-16-21-47/h11-32,35-40,68H,33-34H2,1-10H3. The Morgan fingerprint density at radius 2 is 1.21 bits per heavy atom. The van der Waals surface area contributed by atoms with E-state index in [1.165, 1.54) is 27.8 Å². The average Bonchev–Trinajstić information content (AvgIpc) is 3.72. The predicted octanol–water partition coefficient (Wildman–Crippen LogP) is 16.7. The molecular formula is C64H63N3O. The fraction of sp³-hybridized carbons (Fsp3) is 0.250. The van der Waals surface area contributed by atoms with Crippen molar-refractivity contribution < 1.29 is 5.11 Å². The summed E-state index contributed by atoms with van der Waals surface area (Å²) in [4.78, 5) is 10.7. The molecule has 4 heteroatoms. The van der Waals surface area contributed by atoms with Crippen molar-refractivity contribution in [3.8, 4) is 67.5 Å². The molecule has 0 fully saturated rings. The van der Waals surface area contributed by atoms with E-state index >= 15 is 0 Å². The maximum absolute atomic E-state index is 12.7. The Labute approximate surface area is 403 Å². The van der Waals surface area contributed by atoms with Gasteiger partial charge in [-0.3, -0.25) is 9.55 Å². The Balaban J connectivity index is 1.16. The van der Waals surface area contributed by atoms with Crippen molar-refractivity contribution in [2.45, 2.75) is 104 Å². The molecule has 7 aromatic carbocycles. The molecule has 10 rings (SSSR count). The van der Waals surface area contributed by atoms with E-state index < -0.39 is 0 Å². The minimum Gasteiger partial charge on any atom is -0.507 e. The van der Waals surface area contributed by atoms with Gasteiger partial charge >= 0.3 is 0 Å². The lowest BCUT2D eigenvalue weighted by Crippen LogP contribution is -2.34. The van der Waals surface area contributed by atoms with Crippen LogP contribution in [-0.2, 0) is 21.7 Å². The quantitative estimate of drug-likeness (QED) is 0.165. The van der Waals surface area contributed by atoms with Gasteiger partial charge < -0.3 is 5.11 Å². The zero-order valence-corrected chi connectivity index (χ0v) is 41.4. The lowest BCUT2D eigenvalue weighted by atomic mass is 9.62. The number of imidazole rings is 1. The first-order valence-corrected chi connectivity index (χ1v) is 24.2. The molecule has 2 heterocycles. The van der Waals surface area contributed by atoms with Crippen molar-refractivity contribution in [3.63, 3.8) is 0 Å². The first-order chi connectivity index (χ1) is 32.4. The van der Waals surface area contributed by atoms with E-state index in [2.05, 4.69) is 238 Å². The van der Waals surface area contributed by atoms with Crippen LogP contribution in [0.5, 0.6) is 5.75 Å². The summed E-state index contributed by atoms with van der Waals surface area (Å²) in [5.74, 6) is 1.04. The molecule has 340 valence electrons. The number of aryl methyl sites for hydroxylation is 1. The minimum absolute atomic E-state index is 0.0554. The third kappa shape index (κ3) is 7.94. The van der Waals surface area contributed by atoms with Gasteiger partial charge in [0.25, 0.3) is 0 Å². The molecule has 0 saturated heterocycles. The lowest BCUT2D eigenvalue weighted by molar-refractivity contribution is 0.318. The second-order valence-electron chi connectivity index (χ2n) is 22.0. The van der Waals surface area contributed by atoms with E-state index in [0.29, 0.717) is 11.6 Å². The van der Waals surface area contributed by atoms with Gasteiger partial charge in [0.1, 0.15) is 11.6 Å². The van der Waals surface area contributed by atoms with Crippen molar-refractivity contribution >= 4 is 11.0 Å². The largest absolute Gasteiger partial charge is 0.507 e. The molecule has 1 aliphatic rings. The van der Waals surface area contributed by atoms with E-state index in [-0.39, 0.29) is 21.7 Å². The number of benzene rings is 7. The van der Waals surface area contributed by atoms with Crippen LogP contribution < -0.4 is 0 Å². The number of fused-ring (bicyclic) bond motifs is 2. The van der Waals surface area contributed by atoms with E-state index in [0.717, 1.165) is 85.3 Å². The zero-order valence-electron chi connectivity index (χ0n) is 41.4. The second-order valence-corrected chi connectivity index (χ2v) is 22.0. The van der Waals surface area contributed by atoms with Gasteiger partial charge in [-0.25, -0.2) is 4.98 Å². The van der Waals surface area contributed by atoms with Gasteiger partial charge in [-0.2, -0.15) is 0 Å². The highest BCUT2D eigenvalue weighted by molar-refractivity contribution is 5.98. The molecule has 4 nitrogen and oxygen atoms in total. The highest BCUT2D eigenvalue weighted by atomic mass is 16.3. The van der Waals surface area contributed by atoms with Crippen LogP contribution >= 0.6 is 0 Å². The van der Waals surface area contributed by atoms with Crippen molar-refractivity contribution in [1.29, 1.82) is 0 Å². The smallest absolute Gasteiger partial charge is 0.149 e. The first-order valence-electron chi connectivity index (χ1n) is 24.2. The molecule has 0 unspecified atom stereocenters. The number of pyridine rings is 1. The van der Waals surface area contributed by atoms with Crippen LogP contribution in [0.2, 0.25) is 0 Å². The Morgan fingerprint density at radius 1 is 0.529 bits per heavy atom. The molecule has 0 atom stereocenters. The summed E-state index contributed by atoms with van der Waals surface area (Å²) in [6, 6.07) is 59.1. The Bertz CT molecular complexity index is 3350. The van der Waals surface area contributed by atoms with Gasteiger partial charge in [-0.15, -0.1) is 0 Å². The summed E-state index contributed by atoms with van der Waals surface area (Å²) >= 11 is 0. The third-order valence-corrected chi connectivity index (χ3v) is 15.0. The number of hydrogen-bond donors (Lipinski definition) is 1. The molecule has 0 saturated carbocycles. The summed E-state index contributed by atoms with van der Waals surface area (Å²) in [6.45, 7) is 22.7. The molecule has 0 bridgehead atoms. The topological polar surface area (TPSA) is 50.9 Å². The second kappa shape index (κ2) is 16.6. The number of para-hydroxylation sites is 1. The fourth-order valence-electron chi connectivity index (χ4n) is 10.6. The summed E-state index contributed by atoms with van der Waals surface area (Å²) in [6.07, 6.45) is 3.99. The predicted molar refractivity (Wildman–Crippen MR) is 285 cm³/mol. The van der Waals surface area contributed by atoms with E-state index in [4.69, 9.17) is 9.97 Å². The van der Waals surface area contributed by atoms with E-state index in [1.807, 2.05) is 6.20 Å². The normalized spacial score (nSPS) is 14.5. The van der Waals surface area contributed by atoms with Crippen molar-refractivity contribution in [2.24, 2.45) is 0 Å². The van der Waals surface area contributed by atoms with Crippen LogP contribution in [0.1, 0.15) is 109 Å². The summed E-state index contributed by atoms with van der Waals surface area (Å²) in [7, 11) is 0. The number of aromatic hydroxyl groups is 1. The van der Waals surface area contributed by atoms with Gasteiger partial charge in [-0.05, 0) is 129 Å². The number of nitrogens with zero attached hydrogens (tertiary/aromatic N) is 3. The number of hydrogen-bond acceptors (Lipinski definition) is 3. The van der Waals surface area contributed by atoms with Gasteiger partial charge in [0, 0.05) is 33.9 Å². The Hall–Kier alpha value is -7.04.